The molecule has 0 fully saturated rings. The monoisotopic (exact) mass is 307 g/mol. The summed E-state index contributed by atoms with van der Waals surface area (Å²) in [5.74, 6) is 2.72. The fourth-order valence-corrected chi connectivity index (χ4v) is 2.57. The van der Waals surface area contributed by atoms with Gasteiger partial charge >= 0.3 is 0 Å². The van der Waals surface area contributed by atoms with Crippen LogP contribution >= 0.6 is 15.9 Å². The molecule has 0 radical (unpaired) electrons. The topological polar surface area (TPSA) is 12.0 Å². The van der Waals surface area contributed by atoms with Crippen molar-refractivity contribution in [2.45, 2.75) is 45.6 Å². The summed E-state index contributed by atoms with van der Waals surface area (Å²) in [5.41, 5.74) is 2.63. The molecule has 1 aromatic carbocycles. The number of hydrogen-bond donors (Lipinski definition) is 1. The van der Waals surface area contributed by atoms with Crippen LogP contribution < -0.4 is 5.32 Å². The summed E-state index contributed by atoms with van der Waals surface area (Å²) in [6, 6.07) is 6.84. The molecule has 0 spiro atoms. The van der Waals surface area contributed by atoms with Crippen molar-refractivity contribution in [1.82, 2.24) is 5.32 Å². The Morgan fingerprint density at radius 1 is 1.44 bits per heavy atom. The zero-order valence-corrected chi connectivity index (χ0v) is 12.9. The first-order valence-corrected chi connectivity index (χ1v) is 7.41. The number of hydrogen-bond acceptors (Lipinski definition) is 1. The van der Waals surface area contributed by atoms with Crippen molar-refractivity contribution < 1.29 is 0 Å². The normalized spacial score (nSPS) is 12.1. The smallest absolute Gasteiger partial charge is 0.0331 e. The zero-order chi connectivity index (χ0) is 13.4. The van der Waals surface area contributed by atoms with Gasteiger partial charge < -0.3 is 5.32 Å². The molecule has 0 saturated heterocycles. The van der Waals surface area contributed by atoms with E-state index in [-0.39, 0.29) is 0 Å². The summed E-state index contributed by atoms with van der Waals surface area (Å²) in [4.78, 5) is 0. The molecule has 18 heavy (non-hydrogen) atoms. The van der Waals surface area contributed by atoms with Crippen LogP contribution in [-0.2, 0) is 0 Å². The Morgan fingerprint density at radius 2 is 2.22 bits per heavy atom. The Balaban J connectivity index is 2.80. The van der Waals surface area contributed by atoms with Crippen molar-refractivity contribution in [1.29, 1.82) is 0 Å². The summed E-state index contributed by atoms with van der Waals surface area (Å²) in [6.45, 7) is 5.36. The van der Waals surface area contributed by atoms with Crippen LogP contribution in [-0.4, -0.2) is 6.54 Å². The van der Waals surface area contributed by atoms with Crippen LogP contribution in [0.1, 0.15) is 49.8 Å². The highest BCUT2D eigenvalue weighted by atomic mass is 79.9. The molecule has 2 heteroatoms. The maximum atomic E-state index is 5.33. The molecule has 1 unspecified atom stereocenters. The second-order valence-electron chi connectivity index (χ2n) is 4.58. The first-order valence-electron chi connectivity index (χ1n) is 6.62. The summed E-state index contributed by atoms with van der Waals surface area (Å²) >= 11 is 3.70. The lowest BCUT2D eigenvalue weighted by Gasteiger charge is -2.21. The van der Waals surface area contributed by atoms with E-state index < -0.39 is 0 Å². The van der Waals surface area contributed by atoms with E-state index in [9.17, 15) is 0 Å². The van der Waals surface area contributed by atoms with E-state index in [0.29, 0.717) is 6.04 Å². The standard InChI is InChI=1S/C16H22BrN/c1-4-6-7-11-15(18-12-5-2)14-10-8-9-13(3)16(14)17/h1,8-10,15,18H,5-7,11-12H2,2-3H3. The molecule has 0 aromatic heterocycles. The zero-order valence-electron chi connectivity index (χ0n) is 11.3. The summed E-state index contributed by atoms with van der Waals surface area (Å²) in [7, 11) is 0. The molecule has 98 valence electrons. The van der Waals surface area contributed by atoms with Gasteiger partial charge in [-0.25, -0.2) is 0 Å². The van der Waals surface area contributed by atoms with Crippen molar-refractivity contribution in [3.63, 3.8) is 0 Å². The van der Waals surface area contributed by atoms with E-state index in [1.165, 1.54) is 15.6 Å². The van der Waals surface area contributed by atoms with Gasteiger partial charge in [0.15, 0.2) is 0 Å². The molecule has 1 aromatic rings. The Kier molecular flexibility index (Phi) is 7.08. The van der Waals surface area contributed by atoms with Crippen LogP contribution in [0.25, 0.3) is 0 Å². The largest absolute Gasteiger partial charge is 0.310 e. The fraction of sp³-hybridized carbons (Fsp3) is 0.500. The van der Waals surface area contributed by atoms with Crippen LogP contribution in [0.5, 0.6) is 0 Å². The van der Waals surface area contributed by atoms with Gasteiger partial charge in [0, 0.05) is 16.9 Å². The van der Waals surface area contributed by atoms with E-state index in [0.717, 1.165) is 32.2 Å². The van der Waals surface area contributed by atoms with E-state index in [2.05, 4.69) is 59.2 Å². The first-order chi connectivity index (χ1) is 8.70. The third-order valence-electron chi connectivity index (χ3n) is 3.05. The average molecular weight is 308 g/mol. The minimum atomic E-state index is 0.396. The van der Waals surface area contributed by atoms with Gasteiger partial charge in [0.1, 0.15) is 0 Å². The van der Waals surface area contributed by atoms with E-state index in [1.54, 1.807) is 0 Å². The minimum Gasteiger partial charge on any atom is -0.310 e. The van der Waals surface area contributed by atoms with Crippen LogP contribution in [0.15, 0.2) is 22.7 Å². The third-order valence-corrected chi connectivity index (χ3v) is 4.13. The number of halogens is 1. The third kappa shape index (κ3) is 4.48. The molecule has 1 atom stereocenters. The first kappa shape index (κ1) is 15.3. The van der Waals surface area contributed by atoms with Gasteiger partial charge in [-0.3, -0.25) is 0 Å². The predicted molar refractivity (Wildman–Crippen MR) is 82.6 cm³/mol. The molecule has 0 aliphatic heterocycles. The van der Waals surface area contributed by atoms with Gasteiger partial charge in [-0.1, -0.05) is 41.1 Å². The maximum absolute atomic E-state index is 5.33. The lowest BCUT2D eigenvalue weighted by Crippen LogP contribution is -2.22. The van der Waals surface area contributed by atoms with Crippen LogP contribution in [0.4, 0.5) is 0 Å². The molecule has 0 aliphatic carbocycles. The van der Waals surface area contributed by atoms with Gasteiger partial charge in [-0.05, 0) is 43.9 Å². The maximum Gasteiger partial charge on any atom is 0.0331 e. The van der Waals surface area contributed by atoms with Crippen LogP contribution in [0.2, 0.25) is 0 Å². The van der Waals surface area contributed by atoms with Crippen molar-refractivity contribution >= 4 is 15.9 Å². The van der Waals surface area contributed by atoms with Crippen molar-refractivity contribution in [2.75, 3.05) is 6.54 Å². The lowest BCUT2D eigenvalue weighted by molar-refractivity contribution is 0.486. The Labute approximate surface area is 119 Å². The Bertz CT molecular complexity index is 406. The molecular weight excluding hydrogens is 286 g/mol. The highest BCUT2D eigenvalue weighted by Gasteiger charge is 2.14. The van der Waals surface area contributed by atoms with Crippen LogP contribution in [0, 0.1) is 19.3 Å². The van der Waals surface area contributed by atoms with Gasteiger partial charge in [0.2, 0.25) is 0 Å². The van der Waals surface area contributed by atoms with E-state index >= 15 is 0 Å². The highest BCUT2D eigenvalue weighted by Crippen LogP contribution is 2.29. The van der Waals surface area contributed by atoms with Crippen molar-refractivity contribution in [3.05, 3.63) is 33.8 Å². The quantitative estimate of drug-likeness (QED) is 0.573. The number of nitrogens with one attached hydrogen (secondary N) is 1. The van der Waals surface area contributed by atoms with Gasteiger partial charge in [-0.2, -0.15) is 0 Å². The second kappa shape index (κ2) is 8.34. The summed E-state index contributed by atoms with van der Waals surface area (Å²) in [5, 5.41) is 3.61. The lowest BCUT2D eigenvalue weighted by atomic mass is 9.99. The molecule has 0 amide bonds. The Morgan fingerprint density at radius 3 is 2.89 bits per heavy atom. The van der Waals surface area contributed by atoms with E-state index in [1.807, 2.05) is 0 Å². The Hall–Kier alpha value is -0.780. The molecule has 1 N–H and O–H groups in total. The molecule has 0 saturated carbocycles. The predicted octanol–water partition coefficient (Wildman–Crippen LogP) is 4.60. The highest BCUT2D eigenvalue weighted by molar-refractivity contribution is 9.10. The van der Waals surface area contributed by atoms with Gasteiger partial charge in [0.05, 0.1) is 0 Å². The van der Waals surface area contributed by atoms with Crippen molar-refractivity contribution in [3.8, 4) is 12.3 Å². The number of unbranched alkanes of at least 4 members (excludes halogenated alkanes) is 1. The molecule has 1 rings (SSSR count). The molecule has 1 nitrogen and oxygen atoms in total. The number of benzene rings is 1. The van der Waals surface area contributed by atoms with Crippen LogP contribution in [0.3, 0.4) is 0 Å². The minimum absolute atomic E-state index is 0.396. The summed E-state index contributed by atoms with van der Waals surface area (Å²) < 4.78 is 1.22. The molecular formula is C16H22BrN. The molecule has 0 bridgehead atoms. The SMILES string of the molecule is C#CCCCC(NCCC)c1cccc(C)c1Br. The van der Waals surface area contributed by atoms with Gasteiger partial charge in [0.25, 0.3) is 0 Å². The molecule has 0 aliphatic rings. The fourth-order valence-electron chi connectivity index (χ4n) is 2.03. The van der Waals surface area contributed by atoms with Crippen molar-refractivity contribution in [2.24, 2.45) is 0 Å². The second-order valence-corrected chi connectivity index (χ2v) is 5.37. The molecule has 0 heterocycles. The average Bonchev–Trinajstić information content (AvgIpc) is 2.37. The number of aryl methyl sites for hydroxylation is 1. The number of terminal acetylenes is 1. The summed E-state index contributed by atoms with van der Waals surface area (Å²) in [6.07, 6.45) is 9.49. The number of rotatable bonds is 7. The van der Waals surface area contributed by atoms with Gasteiger partial charge in [-0.15, -0.1) is 12.3 Å². The van der Waals surface area contributed by atoms with E-state index in [4.69, 9.17) is 6.42 Å².